The zero-order valence-corrected chi connectivity index (χ0v) is 10.5. The third-order valence-electron chi connectivity index (χ3n) is 2.50. The first-order valence-corrected chi connectivity index (χ1v) is 5.59. The van der Waals surface area contributed by atoms with Gasteiger partial charge in [-0.25, -0.2) is 4.98 Å². The highest BCUT2D eigenvalue weighted by Gasteiger charge is 2.05. The molecule has 2 rings (SSSR count). The van der Waals surface area contributed by atoms with Gasteiger partial charge in [-0.15, -0.1) is 0 Å². The van der Waals surface area contributed by atoms with Crippen LogP contribution in [0.2, 0.25) is 5.15 Å². The van der Waals surface area contributed by atoms with E-state index in [1.54, 1.807) is 13.2 Å². The normalized spacial score (nSPS) is 10.1. The molecule has 0 fully saturated rings. The number of benzene rings is 1. The molecule has 4 heteroatoms. The fourth-order valence-electron chi connectivity index (χ4n) is 1.52. The van der Waals surface area contributed by atoms with Crippen LogP contribution in [-0.2, 0) is 0 Å². The lowest BCUT2D eigenvalue weighted by atomic mass is 10.3. The number of rotatable bonds is 3. The van der Waals surface area contributed by atoms with Gasteiger partial charge >= 0.3 is 0 Å². The Morgan fingerprint density at radius 1 is 1.12 bits per heavy atom. The van der Waals surface area contributed by atoms with Crippen molar-refractivity contribution in [2.45, 2.75) is 0 Å². The maximum Gasteiger partial charge on any atom is 0.134 e. The van der Waals surface area contributed by atoms with E-state index in [-0.39, 0.29) is 0 Å². The van der Waals surface area contributed by atoms with Gasteiger partial charge in [0.25, 0.3) is 0 Å². The second-order valence-corrected chi connectivity index (χ2v) is 3.96. The van der Waals surface area contributed by atoms with Crippen LogP contribution in [0.15, 0.2) is 42.5 Å². The Kier molecular flexibility index (Phi) is 3.49. The van der Waals surface area contributed by atoms with Crippen LogP contribution in [0.5, 0.6) is 5.75 Å². The minimum absolute atomic E-state index is 0.489. The zero-order chi connectivity index (χ0) is 12.3. The van der Waals surface area contributed by atoms with E-state index in [0.717, 1.165) is 17.3 Å². The molecule has 0 saturated heterocycles. The zero-order valence-electron chi connectivity index (χ0n) is 9.72. The SMILES string of the molecule is COc1ccc(N(C)c2cccc(Cl)n2)cc1. The van der Waals surface area contributed by atoms with Gasteiger partial charge in [0.05, 0.1) is 7.11 Å². The van der Waals surface area contributed by atoms with Crippen LogP contribution < -0.4 is 9.64 Å². The van der Waals surface area contributed by atoms with Crippen LogP contribution in [0.25, 0.3) is 0 Å². The molecule has 0 aliphatic heterocycles. The molecule has 0 amide bonds. The molecule has 0 radical (unpaired) electrons. The van der Waals surface area contributed by atoms with E-state index in [1.165, 1.54) is 0 Å². The molecule has 1 heterocycles. The maximum atomic E-state index is 5.87. The van der Waals surface area contributed by atoms with Gasteiger partial charge in [-0.1, -0.05) is 17.7 Å². The van der Waals surface area contributed by atoms with Gasteiger partial charge in [0.15, 0.2) is 0 Å². The molecule has 0 spiro atoms. The summed E-state index contributed by atoms with van der Waals surface area (Å²) in [6.45, 7) is 0. The van der Waals surface area contributed by atoms with Gasteiger partial charge in [0.1, 0.15) is 16.7 Å². The van der Waals surface area contributed by atoms with Crippen LogP contribution in [0.1, 0.15) is 0 Å². The molecule has 0 saturated carbocycles. The Hall–Kier alpha value is -1.74. The average Bonchev–Trinajstić information content (AvgIpc) is 2.38. The van der Waals surface area contributed by atoms with E-state index in [4.69, 9.17) is 16.3 Å². The summed E-state index contributed by atoms with van der Waals surface area (Å²) in [5.74, 6) is 1.64. The molecular formula is C13H13ClN2O. The molecule has 0 bridgehead atoms. The molecule has 2 aromatic rings. The standard InChI is InChI=1S/C13H13ClN2O/c1-16(13-5-3-4-12(14)15-13)10-6-8-11(17-2)9-7-10/h3-9H,1-2H3. The van der Waals surface area contributed by atoms with Crippen molar-refractivity contribution < 1.29 is 4.74 Å². The molecule has 1 aromatic carbocycles. The number of ether oxygens (including phenoxy) is 1. The van der Waals surface area contributed by atoms with Gasteiger partial charge in [-0.2, -0.15) is 0 Å². The summed E-state index contributed by atoms with van der Waals surface area (Å²) in [6, 6.07) is 13.3. The Balaban J connectivity index is 2.27. The fraction of sp³-hybridized carbons (Fsp3) is 0.154. The Bertz CT molecular complexity index is 499. The first kappa shape index (κ1) is 11.7. The number of hydrogen-bond acceptors (Lipinski definition) is 3. The second kappa shape index (κ2) is 5.06. The lowest BCUT2D eigenvalue weighted by molar-refractivity contribution is 0.415. The average molecular weight is 249 g/mol. The molecule has 17 heavy (non-hydrogen) atoms. The highest BCUT2D eigenvalue weighted by molar-refractivity contribution is 6.29. The van der Waals surface area contributed by atoms with Crippen molar-refractivity contribution in [2.75, 3.05) is 19.1 Å². The molecule has 0 aliphatic rings. The number of aromatic nitrogens is 1. The number of anilines is 2. The molecule has 0 aliphatic carbocycles. The van der Waals surface area contributed by atoms with Crippen LogP contribution in [0.4, 0.5) is 11.5 Å². The number of halogens is 1. The Morgan fingerprint density at radius 3 is 2.41 bits per heavy atom. The summed E-state index contributed by atoms with van der Waals surface area (Å²) in [5, 5.41) is 0.489. The van der Waals surface area contributed by atoms with Gasteiger partial charge in [-0.3, -0.25) is 0 Å². The minimum atomic E-state index is 0.489. The summed E-state index contributed by atoms with van der Waals surface area (Å²) in [4.78, 5) is 6.22. The summed E-state index contributed by atoms with van der Waals surface area (Å²) in [5.41, 5.74) is 1.03. The second-order valence-electron chi connectivity index (χ2n) is 3.58. The Labute approximate surface area is 106 Å². The molecular weight excluding hydrogens is 236 g/mol. The quantitative estimate of drug-likeness (QED) is 0.778. The predicted octanol–water partition coefficient (Wildman–Crippen LogP) is 3.51. The van der Waals surface area contributed by atoms with E-state index in [0.29, 0.717) is 5.15 Å². The minimum Gasteiger partial charge on any atom is -0.497 e. The van der Waals surface area contributed by atoms with Crippen LogP contribution in [-0.4, -0.2) is 19.1 Å². The smallest absolute Gasteiger partial charge is 0.134 e. The van der Waals surface area contributed by atoms with E-state index in [2.05, 4.69) is 4.98 Å². The fourth-order valence-corrected chi connectivity index (χ4v) is 1.68. The highest BCUT2D eigenvalue weighted by atomic mass is 35.5. The summed E-state index contributed by atoms with van der Waals surface area (Å²) in [6.07, 6.45) is 0. The molecule has 0 unspecified atom stereocenters. The van der Waals surface area contributed by atoms with E-state index < -0.39 is 0 Å². The molecule has 3 nitrogen and oxygen atoms in total. The van der Waals surface area contributed by atoms with Gasteiger partial charge in [-0.05, 0) is 36.4 Å². The van der Waals surface area contributed by atoms with Gasteiger partial charge in [0.2, 0.25) is 0 Å². The molecule has 0 N–H and O–H groups in total. The number of hydrogen-bond donors (Lipinski definition) is 0. The number of methoxy groups -OCH3 is 1. The van der Waals surface area contributed by atoms with E-state index in [9.17, 15) is 0 Å². The van der Waals surface area contributed by atoms with Crippen molar-refractivity contribution in [3.8, 4) is 5.75 Å². The number of nitrogens with zero attached hydrogens (tertiary/aromatic N) is 2. The van der Waals surface area contributed by atoms with Crippen molar-refractivity contribution >= 4 is 23.1 Å². The summed E-state index contributed by atoms with van der Waals surface area (Å²) in [7, 11) is 3.59. The van der Waals surface area contributed by atoms with Crippen LogP contribution in [0, 0.1) is 0 Å². The first-order chi connectivity index (χ1) is 8.20. The first-order valence-electron chi connectivity index (χ1n) is 5.21. The Morgan fingerprint density at radius 2 is 1.82 bits per heavy atom. The molecule has 1 aromatic heterocycles. The van der Waals surface area contributed by atoms with Crippen molar-refractivity contribution in [1.82, 2.24) is 4.98 Å². The van der Waals surface area contributed by atoms with Crippen molar-refractivity contribution in [3.05, 3.63) is 47.6 Å². The molecule has 0 atom stereocenters. The van der Waals surface area contributed by atoms with Crippen molar-refractivity contribution in [1.29, 1.82) is 0 Å². The van der Waals surface area contributed by atoms with E-state index >= 15 is 0 Å². The van der Waals surface area contributed by atoms with E-state index in [1.807, 2.05) is 48.3 Å². The largest absolute Gasteiger partial charge is 0.497 e. The topological polar surface area (TPSA) is 25.4 Å². The lowest BCUT2D eigenvalue weighted by Gasteiger charge is -2.18. The van der Waals surface area contributed by atoms with Crippen LogP contribution in [0.3, 0.4) is 0 Å². The predicted molar refractivity (Wildman–Crippen MR) is 70.3 cm³/mol. The van der Waals surface area contributed by atoms with Crippen molar-refractivity contribution in [2.24, 2.45) is 0 Å². The van der Waals surface area contributed by atoms with Gasteiger partial charge in [0, 0.05) is 12.7 Å². The third kappa shape index (κ3) is 2.68. The third-order valence-corrected chi connectivity index (χ3v) is 2.71. The van der Waals surface area contributed by atoms with Gasteiger partial charge < -0.3 is 9.64 Å². The molecule has 88 valence electrons. The van der Waals surface area contributed by atoms with Crippen LogP contribution >= 0.6 is 11.6 Å². The number of pyridine rings is 1. The lowest BCUT2D eigenvalue weighted by Crippen LogP contribution is -2.10. The monoisotopic (exact) mass is 248 g/mol. The van der Waals surface area contributed by atoms with Crippen molar-refractivity contribution in [3.63, 3.8) is 0 Å². The highest BCUT2D eigenvalue weighted by Crippen LogP contribution is 2.24. The summed E-state index contributed by atoms with van der Waals surface area (Å²) < 4.78 is 5.12. The maximum absolute atomic E-state index is 5.87. The summed E-state index contributed by atoms with van der Waals surface area (Å²) >= 11 is 5.87.